The van der Waals surface area contributed by atoms with Gasteiger partial charge in [-0.3, -0.25) is 9.48 Å². The molecule has 2 aromatic rings. The molecule has 0 saturated heterocycles. The summed E-state index contributed by atoms with van der Waals surface area (Å²) in [6, 6.07) is 7.58. The molecule has 0 aliphatic heterocycles. The third kappa shape index (κ3) is 4.83. The van der Waals surface area contributed by atoms with Gasteiger partial charge >= 0.3 is 6.18 Å². The van der Waals surface area contributed by atoms with Crippen molar-refractivity contribution in [2.75, 3.05) is 12.4 Å². The van der Waals surface area contributed by atoms with Gasteiger partial charge < -0.3 is 16.0 Å². The summed E-state index contributed by atoms with van der Waals surface area (Å²) in [4.78, 5) is 14.4. The first-order chi connectivity index (χ1) is 15.7. The Kier molecular flexibility index (Phi) is 6.34. The first kappa shape index (κ1) is 23.1. The number of nitrogens with zero attached hydrogens (tertiary/aromatic N) is 4. The molecule has 3 N–H and O–H groups in total. The van der Waals surface area contributed by atoms with Crippen molar-refractivity contribution in [3.8, 4) is 6.07 Å². The lowest BCUT2D eigenvalue weighted by atomic mass is 9.80. The number of carbonyl (C=O) groups is 1. The molecule has 3 atom stereocenters. The molecule has 7 nitrogen and oxygen atoms in total. The van der Waals surface area contributed by atoms with E-state index in [1.54, 1.807) is 4.68 Å². The zero-order chi connectivity index (χ0) is 23.8. The SMILES string of the molecule is CN(C1CCC1)[C@@H]1CC[C@@H](n2cc(C(N)=O)c(Nc3ccc(C(F)(F)F)cc3)n2)[C@@H](C#N)C1. The average Bonchev–Trinajstić information content (AvgIpc) is 3.15. The Hall–Kier alpha value is -3.06. The highest BCUT2D eigenvalue weighted by molar-refractivity contribution is 5.98. The predicted octanol–water partition coefficient (Wildman–Crippen LogP) is 4.46. The molecule has 2 aliphatic rings. The summed E-state index contributed by atoms with van der Waals surface area (Å²) in [5.74, 6) is -0.818. The van der Waals surface area contributed by atoms with E-state index in [0.29, 0.717) is 17.8 Å². The molecule has 2 saturated carbocycles. The Balaban J connectivity index is 1.52. The van der Waals surface area contributed by atoms with Crippen molar-refractivity contribution in [3.05, 3.63) is 41.6 Å². The van der Waals surface area contributed by atoms with E-state index in [9.17, 15) is 23.2 Å². The molecular weight excluding hydrogens is 433 g/mol. The molecule has 0 radical (unpaired) electrons. The molecule has 1 amide bonds. The van der Waals surface area contributed by atoms with Crippen LogP contribution in [0.5, 0.6) is 0 Å². The van der Waals surface area contributed by atoms with Crippen LogP contribution in [-0.4, -0.2) is 39.7 Å². The third-order valence-electron chi connectivity index (χ3n) is 6.99. The molecule has 0 unspecified atom stereocenters. The zero-order valence-corrected chi connectivity index (χ0v) is 18.3. The van der Waals surface area contributed by atoms with E-state index < -0.39 is 17.6 Å². The summed E-state index contributed by atoms with van der Waals surface area (Å²) in [7, 11) is 2.13. The van der Waals surface area contributed by atoms with Crippen LogP contribution in [0.4, 0.5) is 24.7 Å². The van der Waals surface area contributed by atoms with Gasteiger partial charge in [0.25, 0.3) is 5.91 Å². The van der Waals surface area contributed by atoms with Crippen LogP contribution in [0.1, 0.15) is 60.5 Å². The molecule has 0 spiro atoms. The summed E-state index contributed by atoms with van der Waals surface area (Å²) < 4.78 is 40.1. The largest absolute Gasteiger partial charge is 0.416 e. The number of halogens is 3. The van der Waals surface area contributed by atoms with Crippen LogP contribution in [0.25, 0.3) is 0 Å². The Morgan fingerprint density at radius 1 is 1.21 bits per heavy atom. The molecule has 1 aromatic heterocycles. The molecule has 1 heterocycles. The van der Waals surface area contributed by atoms with Gasteiger partial charge in [-0.05, 0) is 63.4 Å². The van der Waals surface area contributed by atoms with Crippen molar-refractivity contribution < 1.29 is 18.0 Å². The van der Waals surface area contributed by atoms with Crippen molar-refractivity contribution >= 4 is 17.4 Å². The molecule has 1 aromatic carbocycles. The van der Waals surface area contributed by atoms with Gasteiger partial charge in [0.05, 0.1) is 23.6 Å². The lowest BCUT2D eigenvalue weighted by Crippen LogP contribution is -2.47. The van der Waals surface area contributed by atoms with Crippen LogP contribution in [0.2, 0.25) is 0 Å². The summed E-state index contributed by atoms with van der Waals surface area (Å²) >= 11 is 0. The molecule has 176 valence electrons. The lowest BCUT2D eigenvalue weighted by molar-refractivity contribution is -0.137. The van der Waals surface area contributed by atoms with Crippen molar-refractivity contribution in [1.82, 2.24) is 14.7 Å². The standard InChI is InChI=1S/C23H27F3N6O/c1-31(17-3-2-4-17)18-9-10-20(14(11-18)12-27)32-13-19(21(28)33)22(30-32)29-16-7-5-15(6-8-16)23(24,25)26/h5-8,13-14,17-18,20H,2-4,9-11H2,1H3,(H2,28,33)(H,29,30)/t14-,18-,20-/m1/s1. The van der Waals surface area contributed by atoms with Crippen molar-refractivity contribution in [2.24, 2.45) is 11.7 Å². The van der Waals surface area contributed by atoms with E-state index in [2.05, 4.69) is 28.4 Å². The zero-order valence-electron chi connectivity index (χ0n) is 18.3. The molecule has 2 aliphatic carbocycles. The molecule has 0 bridgehead atoms. The molecule has 33 heavy (non-hydrogen) atoms. The minimum atomic E-state index is -4.43. The van der Waals surface area contributed by atoms with Crippen molar-refractivity contribution in [1.29, 1.82) is 5.26 Å². The Labute approximate surface area is 190 Å². The minimum absolute atomic E-state index is 0.125. The second kappa shape index (κ2) is 9.06. The molecule has 2 fully saturated rings. The summed E-state index contributed by atoms with van der Waals surface area (Å²) in [5, 5.41) is 17.2. The number of hydrogen-bond acceptors (Lipinski definition) is 5. The number of nitrogens with two attached hydrogens (primary N) is 1. The number of amides is 1. The van der Waals surface area contributed by atoms with Gasteiger partial charge in [0.2, 0.25) is 0 Å². The van der Waals surface area contributed by atoms with Crippen LogP contribution in [0.3, 0.4) is 0 Å². The monoisotopic (exact) mass is 460 g/mol. The van der Waals surface area contributed by atoms with Gasteiger partial charge in [-0.15, -0.1) is 0 Å². The fraction of sp³-hybridized carbons (Fsp3) is 0.522. The van der Waals surface area contributed by atoms with Crippen LogP contribution < -0.4 is 11.1 Å². The van der Waals surface area contributed by atoms with E-state index in [0.717, 1.165) is 31.4 Å². The highest BCUT2D eigenvalue weighted by atomic mass is 19.4. The smallest absolute Gasteiger partial charge is 0.365 e. The molecule has 10 heteroatoms. The second-order valence-electron chi connectivity index (χ2n) is 8.96. The number of benzene rings is 1. The van der Waals surface area contributed by atoms with Gasteiger partial charge in [-0.1, -0.05) is 6.42 Å². The quantitative estimate of drug-likeness (QED) is 0.663. The van der Waals surface area contributed by atoms with Crippen LogP contribution >= 0.6 is 0 Å². The first-order valence-corrected chi connectivity index (χ1v) is 11.1. The summed E-state index contributed by atoms with van der Waals surface area (Å²) in [6.07, 6.45) is 3.13. The first-order valence-electron chi connectivity index (χ1n) is 11.1. The third-order valence-corrected chi connectivity index (χ3v) is 6.99. The van der Waals surface area contributed by atoms with Gasteiger partial charge in [-0.2, -0.15) is 23.5 Å². The number of rotatable bonds is 6. The maximum Gasteiger partial charge on any atom is 0.416 e. The molecule has 4 rings (SSSR count). The Bertz CT molecular complexity index is 1040. The number of aromatic nitrogens is 2. The average molecular weight is 461 g/mol. The number of nitriles is 1. The van der Waals surface area contributed by atoms with Crippen LogP contribution in [0.15, 0.2) is 30.5 Å². The van der Waals surface area contributed by atoms with E-state index in [1.807, 2.05) is 0 Å². The Morgan fingerprint density at radius 3 is 2.45 bits per heavy atom. The normalized spacial score (nSPS) is 23.7. The summed E-state index contributed by atoms with van der Waals surface area (Å²) in [6.45, 7) is 0. The lowest BCUT2D eigenvalue weighted by Gasteiger charge is -2.44. The van der Waals surface area contributed by atoms with Crippen molar-refractivity contribution in [3.63, 3.8) is 0 Å². The fourth-order valence-electron chi connectivity index (χ4n) is 4.76. The number of carbonyl (C=O) groups excluding carboxylic acids is 1. The van der Waals surface area contributed by atoms with Crippen molar-refractivity contribution in [2.45, 2.75) is 62.8 Å². The number of nitrogens with one attached hydrogen (secondary N) is 1. The number of anilines is 2. The van der Waals surface area contributed by atoms with Gasteiger partial charge in [0.1, 0.15) is 5.56 Å². The van der Waals surface area contributed by atoms with Gasteiger partial charge in [-0.25, -0.2) is 0 Å². The molecular formula is C23H27F3N6O. The number of alkyl halides is 3. The van der Waals surface area contributed by atoms with E-state index in [-0.39, 0.29) is 23.3 Å². The predicted molar refractivity (Wildman–Crippen MR) is 117 cm³/mol. The van der Waals surface area contributed by atoms with Crippen LogP contribution in [-0.2, 0) is 6.18 Å². The fourth-order valence-corrected chi connectivity index (χ4v) is 4.76. The Morgan fingerprint density at radius 2 is 1.91 bits per heavy atom. The highest BCUT2D eigenvalue weighted by Gasteiger charge is 2.37. The maximum absolute atomic E-state index is 12.8. The minimum Gasteiger partial charge on any atom is -0.365 e. The highest BCUT2D eigenvalue weighted by Crippen LogP contribution is 2.39. The summed E-state index contributed by atoms with van der Waals surface area (Å²) in [5.41, 5.74) is 5.23. The van der Waals surface area contributed by atoms with Crippen LogP contribution in [0, 0.1) is 17.2 Å². The number of primary amides is 1. The van der Waals surface area contributed by atoms with Gasteiger partial charge in [0.15, 0.2) is 5.82 Å². The maximum atomic E-state index is 12.8. The number of hydrogen-bond donors (Lipinski definition) is 2. The second-order valence-corrected chi connectivity index (χ2v) is 8.96. The van der Waals surface area contributed by atoms with E-state index >= 15 is 0 Å². The van der Waals surface area contributed by atoms with E-state index in [4.69, 9.17) is 5.73 Å². The van der Waals surface area contributed by atoms with E-state index in [1.165, 1.54) is 37.6 Å². The topological polar surface area (TPSA) is 100.0 Å². The van der Waals surface area contributed by atoms with Gasteiger partial charge in [0, 0.05) is 24.0 Å².